The molecule has 9 aromatic carbocycles. The zero-order valence-corrected chi connectivity index (χ0v) is 33.6. The number of benzene rings is 9. The SMILES string of the molecule is c1ccc(-c2ccc3c4ccccc4n(-c4nc(-c5ccc(-c6ccccc6-c6ccccc6-c6ccccc6)cc5)nc(-n5c6ccccc6c6ccccc65)n4)c3c2)cc1. The smallest absolute Gasteiger partial charge is 0.240 e. The van der Waals surface area contributed by atoms with Crippen molar-refractivity contribution in [3.8, 4) is 67.8 Å². The molecule has 0 bridgehead atoms. The Balaban J connectivity index is 1.06. The molecule has 12 aromatic rings. The van der Waals surface area contributed by atoms with E-state index in [2.05, 4.69) is 234 Å². The highest BCUT2D eigenvalue weighted by Gasteiger charge is 2.21. The molecular weight excluding hydrogens is 755 g/mol. The van der Waals surface area contributed by atoms with Crippen molar-refractivity contribution in [1.29, 1.82) is 0 Å². The fraction of sp³-hybridized carbons (Fsp3) is 0. The van der Waals surface area contributed by atoms with E-state index in [1.807, 2.05) is 0 Å². The maximum Gasteiger partial charge on any atom is 0.240 e. The summed E-state index contributed by atoms with van der Waals surface area (Å²) in [4.78, 5) is 16.1. The van der Waals surface area contributed by atoms with E-state index in [0.29, 0.717) is 17.7 Å². The third-order valence-electron chi connectivity index (χ3n) is 12.1. The fourth-order valence-corrected chi connectivity index (χ4v) is 9.17. The monoisotopic (exact) mass is 791 g/mol. The maximum absolute atomic E-state index is 5.39. The van der Waals surface area contributed by atoms with Crippen molar-refractivity contribution in [3.05, 3.63) is 224 Å². The highest BCUT2D eigenvalue weighted by Crippen LogP contribution is 2.40. The number of aromatic nitrogens is 5. The topological polar surface area (TPSA) is 48.5 Å². The molecule has 0 radical (unpaired) electrons. The van der Waals surface area contributed by atoms with Crippen molar-refractivity contribution < 1.29 is 0 Å². The zero-order valence-electron chi connectivity index (χ0n) is 33.6. The molecule has 0 fully saturated rings. The molecule has 0 spiro atoms. The van der Waals surface area contributed by atoms with Gasteiger partial charge in [-0.25, -0.2) is 0 Å². The Morgan fingerprint density at radius 2 is 0.613 bits per heavy atom. The van der Waals surface area contributed by atoms with E-state index in [-0.39, 0.29) is 0 Å². The van der Waals surface area contributed by atoms with Crippen molar-refractivity contribution in [2.24, 2.45) is 0 Å². The Labute approximate surface area is 358 Å². The van der Waals surface area contributed by atoms with Crippen LogP contribution in [0.15, 0.2) is 224 Å². The normalized spacial score (nSPS) is 11.5. The molecule has 0 N–H and O–H groups in total. The number of nitrogens with zero attached hydrogens (tertiary/aromatic N) is 5. The van der Waals surface area contributed by atoms with Gasteiger partial charge in [0.05, 0.1) is 22.1 Å². The average Bonchev–Trinajstić information content (AvgIpc) is 3.87. The second kappa shape index (κ2) is 14.7. The quantitative estimate of drug-likeness (QED) is 0.162. The molecule has 62 heavy (non-hydrogen) atoms. The highest BCUT2D eigenvalue weighted by molar-refractivity contribution is 6.11. The zero-order chi connectivity index (χ0) is 41.0. The lowest BCUT2D eigenvalue weighted by Crippen LogP contribution is -2.10. The van der Waals surface area contributed by atoms with E-state index >= 15 is 0 Å². The first-order valence-corrected chi connectivity index (χ1v) is 21.0. The van der Waals surface area contributed by atoms with Crippen LogP contribution in [0.25, 0.3) is 111 Å². The van der Waals surface area contributed by atoms with Crippen molar-refractivity contribution >= 4 is 43.6 Å². The molecule has 0 amide bonds. The fourth-order valence-electron chi connectivity index (χ4n) is 9.17. The molecule has 0 saturated heterocycles. The lowest BCUT2D eigenvalue weighted by molar-refractivity contribution is 0.893. The molecule has 290 valence electrons. The van der Waals surface area contributed by atoms with Gasteiger partial charge in [0.1, 0.15) is 0 Å². The predicted octanol–water partition coefficient (Wildman–Crippen LogP) is 14.4. The van der Waals surface area contributed by atoms with Crippen LogP contribution in [0, 0.1) is 0 Å². The molecule has 3 heterocycles. The largest absolute Gasteiger partial charge is 0.278 e. The van der Waals surface area contributed by atoms with Crippen molar-refractivity contribution in [2.45, 2.75) is 0 Å². The van der Waals surface area contributed by atoms with Gasteiger partial charge in [0.15, 0.2) is 5.82 Å². The molecule has 5 nitrogen and oxygen atoms in total. The lowest BCUT2D eigenvalue weighted by atomic mass is 9.89. The second-order valence-electron chi connectivity index (χ2n) is 15.6. The Hall–Kier alpha value is -8.41. The van der Waals surface area contributed by atoms with Gasteiger partial charge in [-0.3, -0.25) is 9.13 Å². The van der Waals surface area contributed by atoms with Gasteiger partial charge in [0, 0.05) is 27.1 Å². The van der Waals surface area contributed by atoms with Gasteiger partial charge in [-0.2, -0.15) is 15.0 Å². The third kappa shape index (κ3) is 5.90. The molecule has 0 aliphatic rings. The molecular formula is C57H37N5. The summed E-state index contributed by atoms with van der Waals surface area (Å²) in [6, 6.07) is 79.3. The molecule has 5 heteroatoms. The standard InChI is InChI=1S/C57H37N5/c1-3-17-38(18-4-1)42-35-36-50-49-27-13-16-30-53(49)62(54(50)37-42)57-59-55(58-56(60-57)61-51-28-14-11-25-47(51)48-26-12-15-29-52(48)61)41-33-31-40(32-34-41)44-22-8-10-24-46(44)45-23-9-7-21-43(45)39-19-5-2-6-20-39/h1-37H. The summed E-state index contributed by atoms with van der Waals surface area (Å²) in [5.74, 6) is 1.70. The van der Waals surface area contributed by atoms with Crippen LogP contribution >= 0.6 is 0 Å². The van der Waals surface area contributed by atoms with Crippen LogP contribution in [0.2, 0.25) is 0 Å². The minimum Gasteiger partial charge on any atom is -0.278 e. The molecule has 3 aromatic heterocycles. The Morgan fingerprint density at radius 1 is 0.242 bits per heavy atom. The minimum atomic E-state index is 0.551. The van der Waals surface area contributed by atoms with Gasteiger partial charge >= 0.3 is 0 Å². The molecule has 0 saturated carbocycles. The number of rotatable bonds is 7. The van der Waals surface area contributed by atoms with Gasteiger partial charge in [0.2, 0.25) is 11.9 Å². The third-order valence-corrected chi connectivity index (χ3v) is 12.1. The van der Waals surface area contributed by atoms with Crippen LogP contribution in [0.4, 0.5) is 0 Å². The summed E-state index contributed by atoms with van der Waals surface area (Å²) < 4.78 is 4.38. The summed E-state index contributed by atoms with van der Waals surface area (Å²) >= 11 is 0. The Morgan fingerprint density at radius 3 is 1.15 bits per heavy atom. The molecule has 0 unspecified atom stereocenters. The number of hydrogen-bond acceptors (Lipinski definition) is 3. The van der Waals surface area contributed by atoms with E-state index in [0.717, 1.165) is 71.4 Å². The predicted molar refractivity (Wildman–Crippen MR) is 256 cm³/mol. The highest BCUT2D eigenvalue weighted by atomic mass is 15.3. The van der Waals surface area contributed by atoms with E-state index in [4.69, 9.17) is 15.0 Å². The first-order chi connectivity index (χ1) is 30.8. The van der Waals surface area contributed by atoms with Crippen molar-refractivity contribution in [3.63, 3.8) is 0 Å². The van der Waals surface area contributed by atoms with Gasteiger partial charge in [-0.05, 0) is 68.8 Å². The molecule has 0 aliphatic carbocycles. The number of fused-ring (bicyclic) bond motifs is 6. The minimum absolute atomic E-state index is 0.551. The summed E-state index contributed by atoms with van der Waals surface area (Å²) in [6.45, 7) is 0. The average molecular weight is 792 g/mol. The van der Waals surface area contributed by atoms with Crippen LogP contribution < -0.4 is 0 Å². The van der Waals surface area contributed by atoms with Crippen molar-refractivity contribution in [1.82, 2.24) is 24.1 Å². The van der Waals surface area contributed by atoms with Crippen LogP contribution in [0.3, 0.4) is 0 Å². The van der Waals surface area contributed by atoms with Crippen LogP contribution in [0.5, 0.6) is 0 Å². The summed E-state index contributed by atoms with van der Waals surface area (Å²) in [5.41, 5.74) is 14.3. The lowest BCUT2D eigenvalue weighted by Gasteiger charge is -2.15. The number of para-hydroxylation sites is 3. The van der Waals surface area contributed by atoms with E-state index in [1.54, 1.807) is 0 Å². The molecule has 0 aliphatic heterocycles. The van der Waals surface area contributed by atoms with E-state index in [1.165, 1.54) is 22.3 Å². The second-order valence-corrected chi connectivity index (χ2v) is 15.6. The summed E-state index contributed by atoms with van der Waals surface area (Å²) in [5, 5.41) is 4.57. The van der Waals surface area contributed by atoms with Gasteiger partial charge < -0.3 is 0 Å². The van der Waals surface area contributed by atoms with Gasteiger partial charge in [-0.1, -0.05) is 200 Å². The summed E-state index contributed by atoms with van der Waals surface area (Å²) in [7, 11) is 0. The van der Waals surface area contributed by atoms with Crippen molar-refractivity contribution in [2.75, 3.05) is 0 Å². The molecule has 0 atom stereocenters. The Bertz CT molecular complexity index is 3570. The summed E-state index contributed by atoms with van der Waals surface area (Å²) in [6.07, 6.45) is 0. The van der Waals surface area contributed by atoms with Gasteiger partial charge in [0.25, 0.3) is 0 Å². The first kappa shape index (κ1) is 35.5. The van der Waals surface area contributed by atoms with Crippen LogP contribution in [-0.2, 0) is 0 Å². The van der Waals surface area contributed by atoms with Crippen LogP contribution in [-0.4, -0.2) is 24.1 Å². The Kier molecular flexibility index (Phi) is 8.42. The number of hydrogen-bond donors (Lipinski definition) is 0. The van der Waals surface area contributed by atoms with E-state index < -0.39 is 0 Å². The first-order valence-electron chi connectivity index (χ1n) is 21.0. The van der Waals surface area contributed by atoms with Crippen LogP contribution in [0.1, 0.15) is 0 Å². The van der Waals surface area contributed by atoms with Gasteiger partial charge in [-0.15, -0.1) is 0 Å². The maximum atomic E-state index is 5.39. The molecule has 12 rings (SSSR count). The van der Waals surface area contributed by atoms with E-state index in [9.17, 15) is 0 Å².